The van der Waals surface area contributed by atoms with E-state index < -0.39 is 0 Å². The third-order valence-electron chi connectivity index (χ3n) is 3.09. The quantitative estimate of drug-likeness (QED) is 0.583. The summed E-state index contributed by atoms with van der Waals surface area (Å²) in [5.41, 5.74) is 2.37. The number of hydrogen-bond donors (Lipinski definition) is 1. The van der Waals surface area contributed by atoms with Gasteiger partial charge in [0.15, 0.2) is 0 Å². The maximum atomic E-state index is 4.08. The molecule has 0 amide bonds. The summed E-state index contributed by atoms with van der Waals surface area (Å²) in [6.07, 6.45) is 2.13. The van der Waals surface area contributed by atoms with E-state index in [0.29, 0.717) is 0 Å². The molecule has 0 saturated carbocycles. The van der Waals surface area contributed by atoms with E-state index in [1.807, 2.05) is 0 Å². The second-order valence-electron chi connectivity index (χ2n) is 4.02. The van der Waals surface area contributed by atoms with Crippen LogP contribution in [-0.4, -0.2) is 4.98 Å². The van der Waals surface area contributed by atoms with E-state index in [9.17, 15) is 0 Å². The van der Waals surface area contributed by atoms with Crippen molar-refractivity contribution in [3.63, 3.8) is 0 Å². The van der Waals surface area contributed by atoms with Crippen molar-refractivity contribution in [2.24, 2.45) is 0 Å². The number of hydrogen-bond acceptors (Lipinski definition) is 0. The van der Waals surface area contributed by atoms with Crippen molar-refractivity contribution in [2.45, 2.75) is 6.92 Å². The Morgan fingerprint density at radius 1 is 1.06 bits per heavy atom. The molecule has 0 spiro atoms. The van der Waals surface area contributed by atoms with Gasteiger partial charge in [0.25, 0.3) is 0 Å². The molecule has 16 heavy (non-hydrogen) atoms. The van der Waals surface area contributed by atoms with E-state index in [4.69, 9.17) is 0 Å². The molecular weight excluding hydrogens is 194 g/mol. The Kier molecular flexibility index (Phi) is 1.87. The maximum absolute atomic E-state index is 4.08. The Bertz CT molecular complexity index is 778. The first-order valence-electron chi connectivity index (χ1n) is 5.46. The minimum absolute atomic E-state index is 1.08. The van der Waals surface area contributed by atoms with Crippen LogP contribution in [0.25, 0.3) is 34.5 Å². The van der Waals surface area contributed by atoms with Gasteiger partial charge in [-0.15, -0.1) is 0 Å². The van der Waals surface area contributed by atoms with Gasteiger partial charge in [-0.05, 0) is 29.5 Å². The van der Waals surface area contributed by atoms with Gasteiger partial charge in [-0.1, -0.05) is 36.9 Å². The molecule has 1 heterocycles. The molecule has 3 rings (SSSR count). The largest absolute Gasteiger partial charge is 0.354 e. The van der Waals surface area contributed by atoms with E-state index in [1.54, 1.807) is 0 Å². The monoisotopic (exact) mass is 207 g/mol. The number of aromatic amines is 1. The first kappa shape index (κ1) is 9.22. The van der Waals surface area contributed by atoms with Crippen molar-refractivity contribution in [3.8, 4) is 0 Å². The van der Waals surface area contributed by atoms with Crippen molar-refractivity contribution in [1.82, 2.24) is 4.98 Å². The molecule has 0 radical (unpaired) electrons. The zero-order chi connectivity index (χ0) is 11.1. The van der Waals surface area contributed by atoms with E-state index in [0.717, 1.165) is 5.22 Å². The van der Waals surface area contributed by atoms with Crippen LogP contribution in [0.15, 0.2) is 36.4 Å². The lowest BCUT2D eigenvalue weighted by Gasteiger charge is -1.93. The lowest BCUT2D eigenvalue weighted by atomic mass is 10.1. The number of para-hydroxylation sites is 1. The summed E-state index contributed by atoms with van der Waals surface area (Å²) in [4.78, 5) is 3.43. The Morgan fingerprint density at radius 3 is 2.69 bits per heavy atom. The Morgan fingerprint density at radius 2 is 1.88 bits per heavy atom. The molecule has 1 nitrogen and oxygen atoms in total. The van der Waals surface area contributed by atoms with Gasteiger partial charge in [0.2, 0.25) is 0 Å². The van der Waals surface area contributed by atoms with Crippen LogP contribution in [0.1, 0.15) is 6.92 Å². The van der Waals surface area contributed by atoms with Crippen LogP contribution < -0.4 is 10.4 Å². The van der Waals surface area contributed by atoms with Gasteiger partial charge >= 0.3 is 0 Å². The molecule has 0 aliphatic heterocycles. The van der Waals surface area contributed by atoms with Crippen molar-refractivity contribution in [3.05, 3.63) is 46.8 Å². The smallest absolute Gasteiger partial charge is 0.0471 e. The minimum Gasteiger partial charge on any atom is -0.354 e. The highest BCUT2D eigenvalue weighted by atomic mass is 14.7. The summed E-state index contributed by atoms with van der Waals surface area (Å²) >= 11 is 0. The molecule has 1 heteroatoms. The Balaban J connectivity index is 2.75. The third kappa shape index (κ3) is 1.12. The lowest BCUT2D eigenvalue weighted by Crippen LogP contribution is -2.22. The van der Waals surface area contributed by atoms with Crippen LogP contribution in [0.3, 0.4) is 0 Å². The molecule has 1 aromatic heterocycles. The Labute approximate surface area is 93.7 Å². The molecule has 0 fully saturated rings. The second kappa shape index (κ2) is 3.24. The summed E-state index contributed by atoms with van der Waals surface area (Å²) in [6.45, 7) is 6.14. The molecule has 0 saturated heterocycles. The molecule has 0 aliphatic rings. The average molecular weight is 207 g/mol. The molecule has 0 unspecified atom stereocenters. The van der Waals surface area contributed by atoms with Crippen LogP contribution in [0, 0.1) is 0 Å². The number of H-pyrrole nitrogens is 1. The molecule has 2 aromatic carbocycles. The molecule has 78 valence electrons. The third-order valence-corrected chi connectivity index (χ3v) is 3.09. The molecule has 0 bridgehead atoms. The molecular formula is C15H13N. The SMILES string of the molecule is C=c1ccc2[nH]c3ccccc3c2/c1=C/C. The fraction of sp³-hybridized carbons (Fsp3) is 0.0667. The number of nitrogens with one attached hydrogen (secondary N) is 1. The summed E-state index contributed by atoms with van der Waals surface area (Å²) in [5, 5.41) is 4.87. The van der Waals surface area contributed by atoms with E-state index >= 15 is 0 Å². The highest BCUT2D eigenvalue weighted by Gasteiger charge is 2.03. The highest BCUT2D eigenvalue weighted by Crippen LogP contribution is 2.20. The van der Waals surface area contributed by atoms with Gasteiger partial charge < -0.3 is 4.98 Å². The predicted molar refractivity (Wildman–Crippen MR) is 70.7 cm³/mol. The zero-order valence-electron chi connectivity index (χ0n) is 9.25. The first-order chi connectivity index (χ1) is 7.81. The second-order valence-corrected chi connectivity index (χ2v) is 4.02. The van der Waals surface area contributed by atoms with E-state index in [2.05, 4.69) is 61.0 Å². The van der Waals surface area contributed by atoms with Gasteiger partial charge in [-0.25, -0.2) is 0 Å². The van der Waals surface area contributed by atoms with Crippen molar-refractivity contribution in [1.29, 1.82) is 0 Å². The van der Waals surface area contributed by atoms with Gasteiger partial charge in [-0.2, -0.15) is 0 Å². The number of aromatic nitrogens is 1. The van der Waals surface area contributed by atoms with E-state index in [-0.39, 0.29) is 0 Å². The van der Waals surface area contributed by atoms with Crippen molar-refractivity contribution >= 4 is 34.5 Å². The standard InChI is InChI=1S/C15H13N/c1-3-11-10(2)8-9-14-15(11)12-6-4-5-7-13(12)16-14/h3-9,16H,2H2,1H3/b11-3+. The summed E-state index contributed by atoms with van der Waals surface area (Å²) in [7, 11) is 0. The topological polar surface area (TPSA) is 15.8 Å². The average Bonchev–Trinajstić information content (AvgIpc) is 2.68. The molecule has 3 aromatic rings. The number of rotatable bonds is 0. The summed E-state index contributed by atoms with van der Waals surface area (Å²) in [6, 6.07) is 12.6. The highest BCUT2D eigenvalue weighted by molar-refractivity contribution is 6.07. The number of fused-ring (bicyclic) bond motifs is 3. The fourth-order valence-electron chi connectivity index (χ4n) is 2.34. The normalized spacial score (nSPS) is 12.7. The Hall–Kier alpha value is -2.02. The lowest BCUT2D eigenvalue weighted by molar-refractivity contribution is 1.52. The van der Waals surface area contributed by atoms with Crippen molar-refractivity contribution in [2.75, 3.05) is 0 Å². The van der Waals surface area contributed by atoms with Crippen LogP contribution in [0.4, 0.5) is 0 Å². The number of benzene rings is 2. The summed E-state index contributed by atoms with van der Waals surface area (Å²) < 4.78 is 0. The predicted octanol–water partition coefficient (Wildman–Crippen LogP) is 2.53. The summed E-state index contributed by atoms with van der Waals surface area (Å²) in [5.74, 6) is 0. The molecule has 0 aliphatic carbocycles. The van der Waals surface area contributed by atoms with Crippen LogP contribution in [0.2, 0.25) is 0 Å². The van der Waals surface area contributed by atoms with Gasteiger partial charge in [0.1, 0.15) is 0 Å². The maximum Gasteiger partial charge on any atom is 0.0471 e. The first-order valence-corrected chi connectivity index (χ1v) is 5.46. The fourth-order valence-corrected chi connectivity index (χ4v) is 2.34. The molecule has 1 N–H and O–H groups in total. The van der Waals surface area contributed by atoms with Gasteiger partial charge in [-0.3, -0.25) is 0 Å². The van der Waals surface area contributed by atoms with Crippen LogP contribution >= 0.6 is 0 Å². The van der Waals surface area contributed by atoms with E-state index in [1.165, 1.54) is 27.0 Å². The van der Waals surface area contributed by atoms with Crippen LogP contribution in [-0.2, 0) is 0 Å². The van der Waals surface area contributed by atoms with Crippen LogP contribution in [0.5, 0.6) is 0 Å². The van der Waals surface area contributed by atoms with Gasteiger partial charge in [0.05, 0.1) is 0 Å². The van der Waals surface area contributed by atoms with Gasteiger partial charge in [0, 0.05) is 21.8 Å². The minimum atomic E-state index is 1.08. The van der Waals surface area contributed by atoms with Crippen molar-refractivity contribution < 1.29 is 0 Å². The molecule has 0 atom stereocenters. The zero-order valence-corrected chi connectivity index (χ0v) is 9.25.